The zero-order chi connectivity index (χ0) is 16.4. The molecule has 3 aromatic rings. The first kappa shape index (κ1) is 15.6. The van der Waals surface area contributed by atoms with E-state index in [9.17, 15) is 9.18 Å². The monoisotopic (exact) mass is 326 g/mol. The Kier molecular flexibility index (Phi) is 4.39. The maximum atomic E-state index is 13.0. The minimum Gasteiger partial charge on any atom is -0.293 e. The molecule has 3 nitrogen and oxygen atoms in total. The fraction of sp³-hybridized carbons (Fsp3) is 0.167. The average Bonchev–Trinajstić information content (AvgIpc) is 2.54. The Hall–Kier alpha value is -2.27. The van der Waals surface area contributed by atoms with Gasteiger partial charge in [-0.25, -0.2) is 14.4 Å². The summed E-state index contributed by atoms with van der Waals surface area (Å²) < 4.78 is 13.0. The lowest BCUT2D eigenvalue weighted by molar-refractivity contribution is 0.0994. The first-order chi connectivity index (χ1) is 11.0. The quantitative estimate of drug-likeness (QED) is 0.404. The number of ketones is 1. The van der Waals surface area contributed by atoms with Gasteiger partial charge in [0.2, 0.25) is 0 Å². The first-order valence-electron chi connectivity index (χ1n) is 7.24. The summed E-state index contributed by atoms with van der Waals surface area (Å²) in [5.41, 5.74) is 1.37. The van der Waals surface area contributed by atoms with Crippen molar-refractivity contribution in [1.29, 1.82) is 0 Å². The van der Waals surface area contributed by atoms with Crippen LogP contribution in [0.15, 0.2) is 53.6 Å². The summed E-state index contributed by atoms with van der Waals surface area (Å²) in [6.07, 6.45) is 0. The van der Waals surface area contributed by atoms with Gasteiger partial charge in [-0.15, -0.1) is 0 Å². The molecule has 0 bridgehead atoms. The van der Waals surface area contributed by atoms with Gasteiger partial charge in [-0.1, -0.05) is 30.0 Å². The van der Waals surface area contributed by atoms with Gasteiger partial charge >= 0.3 is 0 Å². The molecule has 1 unspecified atom stereocenters. The van der Waals surface area contributed by atoms with Crippen molar-refractivity contribution in [1.82, 2.24) is 9.97 Å². The van der Waals surface area contributed by atoms with Crippen LogP contribution in [0.25, 0.3) is 10.9 Å². The summed E-state index contributed by atoms with van der Waals surface area (Å²) in [5.74, 6) is 0.280. The third-order valence-corrected chi connectivity index (χ3v) is 4.57. The molecule has 23 heavy (non-hydrogen) atoms. The summed E-state index contributed by atoms with van der Waals surface area (Å²) in [4.78, 5) is 21.4. The average molecular weight is 326 g/mol. The lowest BCUT2D eigenvalue weighted by Gasteiger charge is -2.12. The highest BCUT2D eigenvalue weighted by Crippen LogP contribution is 2.30. The van der Waals surface area contributed by atoms with Crippen LogP contribution in [0.5, 0.6) is 0 Å². The van der Waals surface area contributed by atoms with Crippen LogP contribution in [0.2, 0.25) is 0 Å². The topological polar surface area (TPSA) is 42.9 Å². The maximum Gasteiger partial charge on any atom is 0.175 e. The van der Waals surface area contributed by atoms with Crippen molar-refractivity contribution in [2.45, 2.75) is 24.1 Å². The van der Waals surface area contributed by atoms with Gasteiger partial charge in [0.05, 0.1) is 10.8 Å². The van der Waals surface area contributed by atoms with Crippen LogP contribution in [0, 0.1) is 12.7 Å². The predicted octanol–water partition coefficient (Wildman–Crippen LogP) is 4.44. The molecule has 2 aromatic carbocycles. The van der Waals surface area contributed by atoms with Gasteiger partial charge in [-0.05, 0) is 44.2 Å². The second-order valence-electron chi connectivity index (χ2n) is 5.22. The lowest BCUT2D eigenvalue weighted by Crippen LogP contribution is -2.14. The molecular formula is C18H15FN2OS. The van der Waals surface area contributed by atoms with Crippen LogP contribution in [0.1, 0.15) is 23.1 Å². The number of nitrogens with zero attached hydrogens (tertiary/aromatic N) is 2. The smallest absolute Gasteiger partial charge is 0.175 e. The van der Waals surface area contributed by atoms with Crippen molar-refractivity contribution in [3.63, 3.8) is 0 Å². The Balaban J connectivity index is 1.89. The highest BCUT2D eigenvalue weighted by atomic mass is 32.2. The predicted molar refractivity (Wildman–Crippen MR) is 90.3 cm³/mol. The number of thioether (sulfide) groups is 1. The van der Waals surface area contributed by atoms with E-state index in [0.29, 0.717) is 11.4 Å². The van der Waals surface area contributed by atoms with Gasteiger partial charge in [0.25, 0.3) is 0 Å². The van der Waals surface area contributed by atoms with E-state index >= 15 is 0 Å². The van der Waals surface area contributed by atoms with E-state index in [2.05, 4.69) is 9.97 Å². The molecule has 0 radical (unpaired) electrons. The van der Waals surface area contributed by atoms with E-state index in [1.54, 1.807) is 0 Å². The first-order valence-corrected chi connectivity index (χ1v) is 8.12. The van der Waals surface area contributed by atoms with E-state index < -0.39 is 0 Å². The molecule has 116 valence electrons. The number of benzene rings is 2. The standard InChI is InChI=1S/C18H15FN2OS/c1-11(17(22)13-7-9-14(19)10-8-13)23-18-15-5-3-4-6-16(15)20-12(2)21-18/h3-11H,1-2H3. The van der Waals surface area contributed by atoms with Crippen LogP contribution in [-0.2, 0) is 0 Å². The van der Waals surface area contributed by atoms with Crippen molar-refractivity contribution in [2.24, 2.45) is 0 Å². The normalized spacial score (nSPS) is 12.3. The molecule has 0 fully saturated rings. The fourth-order valence-corrected chi connectivity index (χ4v) is 3.38. The zero-order valence-electron chi connectivity index (χ0n) is 12.8. The van der Waals surface area contributed by atoms with Gasteiger partial charge in [0.15, 0.2) is 5.78 Å². The number of rotatable bonds is 4. The van der Waals surface area contributed by atoms with Gasteiger partial charge in [-0.3, -0.25) is 4.79 Å². The maximum absolute atomic E-state index is 13.0. The van der Waals surface area contributed by atoms with Crippen LogP contribution in [-0.4, -0.2) is 21.0 Å². The molecule has 0 saturated heterocycles. The molecule has 5 heteroatoms. The lowest BCUT2D eigenvalue weighted by atomic mass is 10.1. The molecular weight excluding hydrogens is 311 g/mol. The number of carbonyl (C=O) groups excluding carboxylic acids is 1. The Labute approximate surface area is 138 Å². The Morgan fingerprint density at radius 2 is 1.78 bits per heavy atom. The second kappa shape index (κ2) is 6.46. The third-order valence-electron chi connectivity index (χ3n) is 3.47. The third kappa shape index (κ3) is 3.40. The molecule has 0 saturated carbocycles. The molecule has 0 aliphatic rings. The summed E-state index contributed by atoms with van der Waals surface area (Å²) in [7, 11) is 0. The van der Waals surface area contributed by atoms with Crippen LogP contribution in [0.3, 0.4) is 0 Å². The number of aryl methyl sites for hydroxylation is 1. The number of hydrogen-bond acceptors (Lipinski definition) is 4. The Bertz CT molecular complexity index is 865. The minimum atomic E-state index is -0.348. The molecule has 1 atom stereocenters. The van der Waals surface area contributed by atoms with Crippen LogP contribution in [0.4, 0.5) is 4.39 Å². The van der Waals surface area contributed by atoms with Crippen molar-refractivity contribution in [3.8, 4) is 0 Å². The van der Waals surface area contributed by atoms with E-state index in [1.165, 1.54) is 36.0 Å². The number of aromatic nitrogens is 2. The number of para-hydroxylation sites is 1. The van der Waals surface area contributed by atoms with Crippen molar-refractivity contribution in [2.75, 3.05) is 0 Å². The highest BCUT2D eigenvalue weighted by molar-refractivity contribution is 8.00. The van der Waals surface area contributed by atoms with Gasteiger partial charge in [0, 0.05) is 10.9 Å². The largest absolute Gasteiger partial charge is 0.293 e. The van der Waals surface area contributed by atoms with Crippen LogP contribution >= 0.6 is 11.8 Å². The molecule has 1 aromatic heterocycles. The fourth-order valence-electron chi connectivity index (χ4n) is 2.32. The van der Waals surface area contributed by atoms with Crippen molar-refractivity contribution >= 4 is 28.4 Å². The van der Waals surface area contributed by atoms with E-state index in [0.717, 1.165) is 15.9 Å². The molecule has 3 rings (SSSR count). The van der Waals surface area contributed by atoms with Gasteiger partial charge < -0.3 is 0 Å². The SMILES string of the molecule is Cc1nc(SC(C)C(=O)c2ccc(F)cc2)c2ccccc2n1. The van der Waals surface area contributed by atoms with Gasteiger partial charge in [-0.2, -0.15) is 0 Å². The molecule has 0 amide bonds. The molecule has 1 heterocycles. The van der Waals surface area contributed by atoms with Gasteiger partial charge in [0.1, 0.15) is 16.7 Å². The summed E-state index contributed by atoms with van der Waals surface area (Å²) in [5, 5.41) is 1.40. The van der Waals surface area contributed by atoms with Crippen molar-refractivity contribution in [3.05, 3.63) is 65.7 Å². The molecule has 0 N–H and O–H groups in total. The summed E-state index contributed by atoms with van der Waals surface area (Å²) in [6, 6.07) is 13.4. The summed E-state index contributed by atoms with van der Waals surface area (Å²) in [6.45, 7) is 3.67. The number of carbonyl (C=O) groups is 1. The number of halogens is 1. The summed E-state index contributed by atoms with van der Waals surface area (Å²) >= 11 is 1.40. The number of fused-ring (bicyclic) bond motifs is 1. The van der Waals surface area contributed by atoms with E-state index in [1.807, 2.05) is 38.1 Å². The Morgan fingerprint density at radius 1 is 1.09 bits per heavy atom. The minimum absolute atomic E-state index is 0.0460. The van der Waals surface area contributed by atoms with Crippen LogP contribution < -0.4 is 0 Å². The number of hydrogen-bond donors (Lipinski definition) is 0. The Morgan fingerprint density at radius 3 is 2.52 bits per heavy atom. The molecule has 0 aliphatic carbocycles. The van der Waals surface area contributed by atoms with E-state index in [4.69, 9.17) is 0 Å². The van der Waals surface area contributed by atoms with Crippen molar-refractivity contribution < 1.29 is 9.18 Å². The highest BCUT2D eigenvalue weighted by Gasteiger charge is 2.19. The van der Waals surface area contributed by atoms with E-state index in [-0.39, 0.29) is 16.9 Å². The molecule has 0 aliphatic heterocycles. The zero-order valence-corrected chi connectivity index (χ0v) is 13.6. The molecule has 0 spiro atoms. The second-order valence-corrected chi connectivity index (χ2v) is 6.55. The number of Topliss-reactive ketones (excluding diaryl/α,β-unsaturated/α-hetero) is 1.